The summed E-state index contributed by atoms with van der Waals surface area (Å²) in [5, 5.41) is 13.9. The predicted molar refractivity (Wildman–Crippen MR) is 71.7 cm³/mol. The van der Waals surface area contributed by atoms with Crippen molar-refractivity contribution in [1.82, 2.24) is 4.90 Å². The highest BCUT2D eigenvalue weighted by atomic mass is 16.6. The summed E-state index contributed by atoms with van der Waals surface area (Å²) in [4.78, 5) is 12.9. The van der Waals surface area contributed by atoms with Crippen molar-refractivity contribution in [2.45, 2.75) is 19.4 Å². The third-order valence-electron chi connectivity index (χ3n) is 3.28. The average Bonchev–Trinajstić information content (AvgIpc) is 3.12. The molecule has 1 aromatic carbocycles. The van der Waals surface area contributed by atoms with E-state index in [4.69, 9.17) is 0 Å². The quantitative estimate of drug-likeness (QED) is 0.621. The first-order chi connectivity index (χ1) is 8.61. The van der Waals surface area contributed by atoms with Crippen LogP contribution < -0.4 is 5.32 Å². The number of para-hydroxylation sites is 1. The highest BCUT2D eigenvalue weighted by molar-refractivity contribution is 5.66. The van der Waals surface area contributed by atoms with Gasteiger partial charge in [-0.15, -0.1) is 0 Å². The first-order valence-electron chi connectivity index (χ1n) is 6.24. The summed E-state index contributed by atoms with van der Waals surface area (Å²) in [5.41, 5.74) is 1.76. The molecule has 0 radical (unpaired) electrons. The largest absolute Gasteiger partial charge is 0.382 e. The summed E-state index contributed by atoms with van der Waals surface area (Å²) >= 11 is 0. The fourth-order valence-electron chi connectivity index (χ4n) is 2.26. The Kier molecular flexibility index (Phi) is 3.81. The number of nitrogens with zero attached hydrogens (tertiary/aromatic N) is 2. The number of nitro groups is 1. The van der Waals surface area contributed by atoms with Crippen molar-refractivity contribution < 1.29 is 4.92 Å². The highest BCUT2D eigenvalue weighted by Gasteiger charge is 2.23. The molecule has 0 saturated heterocycles. The minimum Gasteiger partial charge on any atom is -0.382 e. The maximum Gasteiger partial charge on any atom is 0.292 e. The van der Waals surface area contributed by atoms with Crippen LogP contribution in [0, 0.1) is 16.0 Å². The highest BCUT2D eigenvalue weighted by Crippen LogP contribution is 2.31. The van der Waals surface area contributed by atoms with E-state index in [-0.39, 0.29) is 10.6 Å². The molecule has 0 amide bonds. The summed E-state index contributed by atoms with van der Waals surface area (Å²) < 4.78 is 0. The van der Waals surface area contributed by atoms with Gasteiger partial charge in [-0.05, 0) is 31.4 Å². The number of nitrogens with one attached hydrogen (secondary N) is 1. The Bertz CT molecular complexity index is 444. The molecule has 0 unspecified atom stereocenters. The van der Waals surface area contributed by atoms with Gasteiger partial charge in [0.25, 0.3) is 5.69 Å². The van der Waals surface area contributed by atoms with Crippen molar-refractivity contribution in [2.24, 2.45) is 5.92 Å². The normalized spacial score (nSPS) is 14.8. The Hall–Kier alpha value is -1.62. The first-order valence-corrected chi connectivity index (χ1v) is 6.24. The van der Waals surface area contributed by atoms with Gasteiger partial charge in [0.1, 0.15) is 5.69 Å². The lowest BCUT2D eigenvalue weighted by Crippen LogP contribution is -2.21. The van der Waals surface area contributed by atoms with E-state index >= 15 is 0 Å². The summed E-state index contributed by atoms with van der Waals surface area (Å²) in [6, 6.07) is 5.23. The number of hydrogen-bond acceptors (Lipinski definition) is 4. The third kappa shape index (κ3) is 2.98. The molecule has 0 bridgehead atoms. The fourth-order valence-corrected chi connectivity index (χ4v) is 2.26. The Balaban J connectivity index is 2.15. The van der Waals surface area contributed by atoms with Gasteiger partial charge in [0.05, 0.1) is 4.92 Å². The second-order valence-electron chi connectivity index (χ2n) is 4.96. The summed E-state index contributed by atoms with van der Waals surface area (Å²) in [6.07, 6.45) is 2.64. The van der Waals surface area contributed by atoms with Crippen LogP contribution in [0.15, 0.2) is 18.2 Å². The molecule has 1 aliphatic carbocycles. The average molecular weight is 249 g/mol. The lowest BCUT2D eigenvalue weighted by molar-refractivity contribution is -0.384. The van der Waals surface area contributed by atoms with Crippen LogP contribution in [0.1, 0.15) is 18.4 Å². The molecule has 1 aromatic rings. The zero-order valence-corrected chi connectivity index (χ0v) is 10.8. The van der Waals surface area contributed by atoms with Gasteiger partial charge in [-0.1, -0.05) is 12.1 Å². The van der Waals surface area contributed by atoms with E-state index in [0.717, 1.165) is 24.6 Å². The van der Waals surface area contributed by atoms with Crippen LogP contribution in [-0.4, -0.2) is 30.5 Å². The van der Waals surface area contributed by atoms with E-state index in [9.17, 15) is 10.1 Å². The minimum atomic E-state index is -0.337. The SMILES string of the molecule is CNc1c(CN(C)CC2CC2)cccc1[N+](=O)[O-]. The van der Waals surface area contributed by atoms with Gasteiger partial charge in [-0.3, -0.25) is 10.1 Å². The van der Waals surface area contributed by atoms with Crippen molar-refractivity contribution >= 4 is 11.4 Å². The van der Waals surface area contributed by atoms with Gasteiger partial charge in [-0.25, -0.2) is 0 Å². The van der Waals surface area contributed by atoms with Crippen molar-refractivity contribution in [3.8, 4) is 0 Å². The van der Waals surface area contributed by atoms with Crippen molar-refractivity contribution in [3.05, 3.63) is 33.9 Å². The maximum atomic E-state index is 11.0. The first kappa shape index (κ1) is 12.8. The van der Waals surface area contributed by atoms with Crippen molar-refractivity contribution in [3.63, 3.8) is 0 Å². The van der Waals surface area contributed by atoms with E-state index in [2.05, 4.69) is 17.3 Å². The topological polar surface area (TPSA) is 58.4 Å². The van der Waals surface area contributed by atoms with E-state index in [1.54, 1.807) is 13.1 Å². The molecular formula is C13H19N3O2. The second-order valence-corrected chi connectivity index (χ2v) is 4.96. The van der Waals surface area contributed by atoms with Crippen molar-refractivity contribution in [1.29, 1.82) is 0 Å². The zero-order chi connectivity index (χ0) is 13.1. The molecule has 1 fully saturated rings. The molecule has 5 nitrogen and oxygen atoms in total. The van der Waals surface area contributed by atoms with Crippen LogP contribution in [-0.2, 0) is 6.54 Å². The molecule has 0 atom stereocenters. The summed E-state index contributed by atoms with van der Waals surface area (Å²) in [7, 11) is 3.79. The van der Waals surface area contributed by atoms with Gasteiger partial charge in [0.15, 0.2) is 0 Å². The van der Waals surface area contributed by atoms with E-state index < -0.39 is 0 Å². The Morgan fingerprint density at radius 3 is 2.78 bits per heavy atom. The number of anilines is 1. The lowest BCUT2D eigenvalue weighted by atomic mass is 10.1. The van der Waals surface area contributed by atoms with Gasteiger partial charge in [-0.2, -0.15) is 0 Å². The summed E-state index contributed by atoms with van der Waals surface area (Å²) in [5.74, 6) is 0.826. The second kappa shape index (κ2) is 5.35. The lowest BCUT2D eigenvalue weighted by Gasteiger charge is -2.18. The molecule has 18 heavy (non-hydrogen) atoms. The van der Waals surface area contributed by atoms with Crippen LogP contribution >= 0.6 is 0 Å². The van der Waals surface area contributed by atoms with Gasteiger partial charge in [0.2, 0.25) is 0 Å². The molecule has 98 valence electrons. The monoisotopic (exact) mass is 249 g/mol. The molecule has 0 spiro atoms. The minimum absolute atomic E-state index is 0.148. The molecule has 1 saturated carbocycles. The molecular weight excluding hydrogens is 230 g/mol. The molecule has 1 N–H and O–H groups in total. The van der Waals surface area contributed by atoms with Gasteiger partial charge >= 0.3 is 0 Å². The van der Waals surface area contributed by atoms with E-state index in [1.807, 2.05) is 6.07 Å². The summed E-state index contributed by atoms with van der Waals surface area (Å²) in [6.45, 7) is 1.82. The fraction of sp³-hybridized carbons (Fsp3) is 0.538. The zero-order valence-electron chi connectivity index (χ0n) is 10.8. The maximum absolute atomic E-state index is 11.0. The molecule has 2 rings (SSSR count). The standard InChI is InChI=1S/C13H19N3O2/c1-14-13-11(4-3-5-12(13)16(17)18)9-15(2)8-10-6-7-10/h3-5,10,14H,6-9H2,1-2H3. The van der Waals surface area contributed by atoms with Crippen LogP contribution in [0.3, 0.4) is 0 Å². The van der Waals surface area contributed by atoms with Crippen molar-refractivity contribution in [2.75, 3.05) is 26.0 Å². The van der Waals surface area contributed by atoms with E-state index in [1.165, 1.54) is 18.9 Å². The molecule has 5 heteroatoms. The third-order valence-corrected chi connectivity index (χ3v) is 3.28. The van der Waals surface area contributed by atoms with Crippen LogP contribution in [0.2, 0.25) is 0 Å². The Morgan fingerprint density at radius 1 is 1.50 bits per heavy atom. The molecule has 0 aromatic heterocycles. The van der Waals surface area contributed by atoms with Crippen LogP contribution in [0.4, 0.5) is 11.4 Å². The van der Waals surface area contributed by atoms with Crippen LogP contribution in [0.25, 0.3) is 0 Å². The Morgan fingerprint density at radius 2 is 2.22 bits per heavy atom. The number of benzene rings is 1. The molecule has 0 heterocycles. The number of hydrogen-bond donors (Lipinski definition) is 1. The predicted octanol–water partition coefficient (Wildman–Crippen LogP) is 2.48. The van der Waals surface area contributed by atoms with Crippen LogP contribution in [0.5, 0.6) is 0 Å². The number of nitro benzene ring substituents is 1. The van der Waals surface area contributed by atoms with Gasteiger partial charge in [0, 0.05) is 26.2 Å². The number of rotatable bonds is 6. The Labute approximate surface area is 107 Å². The van der Waals surface area contributed by atoms with E-state index in [0.29, 0.717) is 5.69 Å². The smallest absolute Gasteiger partial charge is 0.292 e. The molecule has 1 aliphatic rings. The van der Waals surface area contributed by atoms with Gasteiger partial charge < -0.3 is 10.2 Å². The molecule has 0 aliphatic heterocycles.